The highest BCUT2D eigenvalue weighted by molar-refractivity contribution is 5.92. The number of rotatable bonds is 5. The molecule has 94 valence electrons. The fraction of sp³-hybridized carbons (Fsp3) is 0.545. The Labute approximate surface area is 100 Å². The lowest BCUT2D eigenvalue weighted by Gasteiger charge is -2.20. The van der Waals surface area contributed by atoms with Gasteiger partial charge in [0.05, 0.1) is 26.1 Å². The molecule has 1 aromatic rings. The van der Waals surface area contributed by atoms with Gasteiger partial charge in [0.15, 0.2) is 0 Å². The van der Waals surface area contributed by atoms with Gasteiger partial charge in [-0.25, -0.2) is 4.98 Å². The van der Waals surface area contributed by atoms with Gasteiger partial charge in [-0.1, -0.05) is 0 Å². The molecule has 0 atom stereocenters. The zero-order chi connectivity index (χ0) is 12.8. The zero-order valence-corrected chi connectivity index (χ0v) is 10.3. The molecule has 0 aromatic carbocycles. The van der Waals surface area contributed by atoms with Crippen molar-refractivity contribution in [1.82, 2.24) is 14.5 Å². The second-order valence-corrected chi connectivity index (χ2v) is 3.60. The van der Waals surface area contributed by atoms with Crippen molar-refractivity contribution in [1.29, 1.82) is 0 Å². The lowest BCUT2D eigenvalue weighted by molar-refractivity contribution is -0.140. The predicted octanol–water partition coefficient (Wildman–Crippen LogP) is 0.445. The molecule has 0 saturated heterocycles. The minimum atomic E-state index is -0.318. The maximum Gasteiger partial charge on any atom is 0.307 e. The normalized spacial score (nSPS) is 10.1. The maximum absolute atomic E-state index is 12.1. The molecular formula is C11H17N3O3. The fourth-order valence-electron chi connectivity index (χ4n) is 1.46. The van der Waals surface area contributed by atoms with Gasteiger partial charge in [-0.3, -0.25) is 9.59 Å². The zero-order valence-electron chi connectivity index (χ0n) is 10.3. The molecule has 1 aromatic heterocycles. The van der Waals surface area contributed by atoms with Crippen molar-refractivity contribution in [3.63, 3.8) is 0 Å². The van der Waals surface area contributed by atoms with Crippen LogP contribution in [0.25, 0.3) is 0 Å². The molecule has 0 bridgehead atoms. The summed E-state index contributed by atoms with van der Waals surface area (Å²) in [4.78, 5) is 28.6. The first-order valence-electron chi connectivity index (χ1n) is 5.42. The quantitative estimate of drug-likeness (QED) is 0.700. The molecule has 17 heavy (non-hydrogen) atoms. The van der Waals surface area contributed by atoms with Crippen molar-refractivity contribution in [3.8, 4) is 0 Å². The third-order valence-corrected chi connectivity index (χ3v) is 2.52. The van der Waals surface area contributed by atoms with E-state index in [-0.39, 0.29) is 18.3 Å². The molecule has 0 aliphatic carbocycles. The summed E-state index contributed by atoms with van der Waals surface area (Å²) in [6.45, 7) is 2.76. The monoisotopic (exact) mass is 239 g/mol. The van der Waals surface area contributed by atoms with Gasteiger partial charge in [0.25, 0.3) is 5.91 Å². The highest BCUT2D eigenvalue weighted by atomic mass is 16.5. The molecule has 0 spiro atoms. The first kappa shape index (κ1) is 13.2. The van der Waals surface area contributed by atoms with E-state index in [4.69, 9.17) is 0 Å². The van der Waals surface area contributed by atoms with Crippen LogP contribution >= 0.6 is 0 Å². The number of methoxy groups -OCH3 is 1. The van der Waals surface area contributed by atoms with E-state index in [1.54, 1.807) is 22.8 Å². The summed E-state index contributed by atoms with van der Waals surface area (Å²) in [6, 6.07) is 0. The van der Waals surface area contributed by atoms with Crippen molar-refractivity contribution >= 4 is 11.9 Å². The number of amides is 1. The highest BCUT2D eigenvalue weighted by Gasteiger charge is 2.17. The number of nitrogens with zero attached hydrogens (tertiary/aromatic N) is 3. The van der Waals surface area contributed by atoms with Crippen LogP contribution in [0.5, 0.6) is 0 Å². The van der Waals surface area contributed by atoms with Crippen LogP contribution in [0.2, 0.25) is 0 Å². The van der Waals surface area contributed by atoms with Crippen LogP contribution in [-0.2, 0) is 16.6 Å². The number of carbonyl (C=O) groups excluding carboxylic acids is 2. The first-order valence-corrected chi connectivity index (χ1v) is 5.42. The summed E-state index contributed by atoms with van der Waals surface area (Å²) in [6.07, 6.45) is 3.29. The molecule has 1 rings (SSSR count). The van der Waals surface area contributed by atoms with Gasteiger partial charge in [-0.2, -0.15) is 0 Å². The molecule has 0 aliphatic heterocycles. The van der Waals surface area contributed by atoms with E-state index in [1.807, 2.05) is 6.92 Å². The Balaban J connectivity index is 2.65. The minimum absolute atomic E-state index is 0.128. The Morgan fingerprint density at radius 2 is 2.24 bits per heavy atom. The predicted molar refractivity (Wildman–Crippen MR) is 61.4 cm³/mol. The minimum Gasteiger partial charge on any atom is -0.469 e. The summed E-state index contributed by atoms with van der Waals surface area (Å²) in [5.74, 6) is -0.447. The lowest BCUT2D eigenvalue weighted by Crippen LogP contribution is -2.34. The number of aromatic nitrogens is 2. The maximum atomic E-state index is 12.1. The average Bonchev–Trinajstić information content (AvgIpc) is 2.75. The third kappa shape index (κ3) is 3.30. The van der Waals surface area contributed by atoms with E-state index in [9.17, 15) is 9.59 Å². The number of ether oxygens (including phenoxy) is 1. The molecule has 0 fully saturated rings. The molecule has 1 heterocycles. The smallest absolute Gasteiger partial charge is 0.307 e. The van der Waals surface area contributed by atoms with Crippen molar-refractivity contribution in [3.05, 3.63) is 18.2 Å². The number of hydrogen-bond donors (Lipinski definition) is 0. The fourth-order valence-corrected chi connectivity index (χ4v) is 1.46. The van der Waals surface area contributed by atoms with Crippen LogP contribution < -0.4 is 0 Å². The van der Waals surface area contributed by atoms with Crippen LogP contribution in [0.3, 0.4) is 0 Å². The Morgan fingerprint density at radius 1 is 1.53 bits per heavy atom. The van der Waals surface area contributed by atoms with Crippen LogP contribution in [0.15, 0.2) is 12.5 Å². The number of imidazole rings is 1. The van der Waals surface area contributed by atoms with Crippen LogP contribution in [0.1, 0.15) is 23.8 Å². The standard InChI is InChI=1S/C11H17N3O3/c1-4-14(6-5-10(15)17-3)11(16)9-7-12-8-13(9)2/h7-8H,4-6H2,1-3H3. The Bertz CT molecular complexity index is 400. The van der Waals surface area contributed by atoms with Crippen molar-refractivity contribution in [2.45, 2.75) is 13.3 Å². The summed E-state index contributed by atoms with van der Waals surface area (Å²) in [7, 11) is 3.09. The SMILES string of the molecule is CCN(CCC(=O)OC)C(=O)c1cncn1C. The first-order chi connectivity index (χ1) is 8.10. The largest absolute Gasteiger partial charge is 0.469 e. The Hall–Kier alpha value is -1.85. The molecule has 6 heteroatoms. The Kier molecular flexibility index (Phi) is 4.68. The highest BCUT2D eigenvalue weighted by Crippen LogP contribution is 2.04. The number of hydrogen-bond acceptors (Lipinski definition) is 4. The molecule has 0 unspecified atom stereocenters. The molecule has 0 radical (unpaired) electrons. The third-order valence-electron chi connectivity index (χ3n) is 2.52. The second-order valence-electron chi connectivity index (χ2n) is 3.60. The van der Waals surface area contributed by atoms with Gasteiger partial charge in [0.2, 0.25) is 0 Å². The molecule has 0 N–H and O–H groups in total. The van der Waals surface area contributed by atoms with E-state index >= 15 is 0 Å². The van der Waals surface area contributed by atoms with Crippen molar-refractivity contribution in [2.75, 3.05) is 20.2 Å². The number of aryl methyl sites for hydroxylation is 1. The van der Waals surface area contributed by atoms with Gasteiger partial charge in [0, 0.05) is 20.1 Å². The van der Waals surface area contributed by atoms with E-state index < -0.39 is 0 Å². The summed E-state index contributed by atoms with van der Waals surface area (Å²) in [5, 5.41) is 0. The van der Waals surface area contributed by atoms with Crippen LogP contribution in [0.4, 0.5) is 0 Å². The van der Waals surface area contributed by atoms with E-state index in [2.05, 4.69) is 9.72 Å². The van der Waals surface area contributed by atoms with E-state index in [0.717, 1.165) is 0 Å². The van der Waals surface area contributed by atoms with Crippen LogP contribution in [-0.4, -0.2) is 46.5 Å². The van der Waals surface area contributed by atoms with Crippen LogP contribution in [0, 0.1) is 0 Å². The van der Waals surface area contributed by atoms with Gasteiger partial charge >= 0.3 is 5.97 Å². The van der Waals surface area contributed by atoms with Gasteiger partial charge in [-0.15, -0.1) is 0 Å². The summed E-state index contributed by atoms with van der Waals surface area (Å²) in [5.41, 5.74) is 0.511. The molecule has 1 amide bonds. The lowest BCUT2D eigenvalue weighted by atomic mass is 10.3. The molecule has 6 nitrogen and oxygen atoms in total. The molecule has 0 saturated carbocycles. The topological polar surface area (TPSA) is 64.4 Å². The van der Waals surface area contributed by atoms with Crippen molar-refractivity contribution < 1.29 is 14.3 Å². The average molecular weight is 239 g/mol. The van der Waals surface area contributed by atoms with Gasteiger partial charge in [0.1, 0.15) is 5.69 Å². The second kappa shape index (κ2) is 6.03. The summed E-state index contributed by atoms with van der Waals surface area (Å²) < 4.78 is 6.20. The van der Waals surface area contributed by atoms with Gasteiger partial charge < -0.3 is 14.2 Å². The number of carbonyl (C=O) groups is 2. The Morgan fingerprint density at radius 3 is 2.71 bits per heavy atom. The van der Waals surface area contributed by atoms with Crippen molar-refractivity contribution in [2.24, 2.45) is 7.05 Å². The van der Waals surface area contributed by atoms with E-state index in [0.29, 0.717) is 18.8 Å². The van der Waals surface area contributed by atoms with E-state index in [1.165, 1.54) is 13.3 Å². The number of esters is 1. The summed E-state index contributed by atoms with van der Waals surface area (Å²) >= 11 is 0. The van der Waals surface area contributed by atoms with Gasteiger partial charge in [-0.05, 0) is 6.92 Å². The molecular weight excluding hydrogens is 222 g/mol. The molecule has 0 aliphatic rings.